The molecule has 1 unspecified atom stereocenters. The van der Waals surface area contributed by atoms with Gasteiger partial charge in [0.1, 0.15) is 5.25 Å². The lowest BCUT2D eigenvalue weighted by molar-refractivity contribution is -0.128. The summed E-state index contributed by atoms with van der Waals surface area (Å²) in [4.78, 5) is 13.2. The van der Waals surface area contributed by atoms with Gasteiger partial charge in [0.15, 0.2) is 0 Å². The van der Waals surface area contributed by atoms with E-state index in [0.29, 0.717) is 11.6 Å². The molecule has 1 aliphatic rings. The van der Waals surface area contributed by atoms with Crippen LogP contribution in [0.1, 0.15) is 12.0 Å². The van der Waals surface area contributed by atoms with Gasteiger partial charge in [0, 0.05) is 24.0 Å². The third-order valence-electron chi connectivity index (χ3n) is 3.00. The summed E-state index contributed by atoms with van der Waals surface area (Å²) in [7, 11) is -3.67. The van der Waals surface area contributed by atoms with Crippen LogP contribution in [-0.2, 0) is 21.4 Å². The van der Waals surface area contributed by atoms with Gasteiger partial charge in [0.25, 0.3) is 0 Å². The maximum Gasteiger partial charge on any atom is 0.224 e. The smallest absolute Gasteiger partial charge is 0.224 e. The molecule has 104 valence electrons. The van der Waals surface area contributed by atoms with E-state index in [4.69, 9.17) is 16.7 Å². The lowest BCUT2D eigenvalue weighted by Crippen LogP contribution is -2.31. The highest BCUT2D eigenvalue weighted by Gasteiger charge is 2.36. The van der Waals surface area contributed by atoms with Gasteiger partial charge in [-0.25, -0.2) is 13.6 Å². The number of primary sulfonamides is 1. The number of nitrogens with two attached hydrogens (primary N) is 1. The van der Waals surface area contributed by atoms with E-state index in [0.717, 1.165) is 10.0 Å². The lowest BCUT2D eigenvalue weighted by Gasteiger charge is -2.16. The van der Waals surface area contributed by atoms with Gasteiger partial charge in [0.2, 0.25) is 15.9 Å². The monoisotopic (exact) mass is 366 g/mol. The SMILES string of the molecule is NS(=O)(=O)C1CC(=O)N(Cc2ccc(Br)c(Cl)c2)C1. The zero-order valence-corrected chi connectivity index (χ0v) is 13.0. The molecule has 2 rings (SSSR count). The first kappa shape index (κ1) is 14.8. The fourth-order valence-corrected chi connectivity index (χ4v) is 3.18. The Bertz CT molecular complexity index is 620. The average Bonchev–Trinajstić information content (AvgIpc) is 2.65. The highest BCUT2D eigenvalue weighted by Crippen LogP contribution is 2.25. The Morgan fingerprint density at radius 1 is 1.47 bits per heavy atom. The number of likely N-dealkylation sites (tertiary alicyclic amines) is 1. The molecule has 1 saturated heterocycles. The zero-order chi connectivity index (χ0) is 14.2. The van der Waals surface area contributed by atoms with E-state index in [1.165, 1.54) is 4.90 Å². The second-order valence-electron chi connectivity index (χ2n) is 4.44. The second kappa shape index (κ2) is 5.40. The van der Waals surface area contributed by atoms with E-state index in [1.807, 2.05) is 6.07 Å². The van der Waals surface area contributed by atoms with Crippen molar-refractivity contribution in [3.8, 4) is 0 Å². The minimum Gasteiger partial charge on any atom is -0.337 e. The van der Waals surface area contributed by atoms with Gasteiger partial charge in [-0.05, 0) is 33.6 Å². The molecule has 19 heavy (non-hydrogen) atoms. The number of rotatable bonds is 3. The molecule has 0 spiro atoms. The minimum atomic E-state index is -3.67. The van der Waals surface area contributed by atoms with E-state index in [9.17, 15) is 13.2 Å². The predicted octanol–water partition coefficient (Wildman–Crippen LogP) is 1.49. The Kier molecular flexibility index (Phi) is 4.20. The molecule has 8 heteroatoms. The molecule has 1 fully saturated rings. The van der Waals surface area contributed by atoms with Gasteiger partial charge >= 0.3 is 0 Å². The average molecular weight is 368 g/mol. The van der Waals surface area contributed by atoms with Gasteiger partial charge in [-0.2, -0.15) is 0 Å². The Labute approximate surface area is 124 Å². The molecule has 0 aromatic heterocycles. The van der Waals surface area contributed by atoms with Crippen molar-refractivity contribution in [3.05, 3.63) is 33.3 Å². The maximum atomic E-state index is 11.8. The molecule has 1 atom stereocenters. The number of hydrogen-bond donors (Lipinski definition) is 1. The maximum absolute atomic E-state index is 11.8. The first-order chi connectivity index (χ1) is 8.77. The molecular formula is C11H12BrClN2O3S. The van der Waals surface area contributed by atoms with Gasteiger partial charge in [-0.15, -0.1) is 0 Å². The van der Waals surface area contributed by atoms with Crippen molar-refractivity contribution in [2.24, 2.45) is 5.14 Å². The minimum absolute atomic E-state index is 0.0525. The molecule has 0 aliphatic carbocycles. The third-order valence-corrected chi connectivity index (χ3v) is 5.48. The number of carbonyl (C=O) groups is 1. The van der Waals surface area contributed by atoms with Gasteiger partial charge in [-0.1, -0.05) is 17.7 Å². The number of halogens is 2. The van der Waals surface area contributed by atoms with Gasteiger partial charge in [0.05, 0.1) is 5.02 Å². The Balaban J connectivity index is 2.12. The molecule has 0 bridgehead atoms. The van der Waals surface area contributed by atoms with Crippen molar-refractivity contribution in [1.29, 1.82) is 0 Å². The second-order valence-corrected chi connectivity index (χ2v) is 7.54. The van der Waals surface area contributed by atoms with Gasteiger partial charge < -0.3 is 4.90 Å². The summed E-state index contributed by atoms with van der Waals surface area (Å²) in [6, 6.07) is 5.35. The molecule has 1 aliphatic heterocycles. The van der Waals surface area contributed by atoms with Crippen LogP contribution in [0.5, 0.6) is 0 Å². The van der Waals surface area contributed by atoms with Crippen LogP contribution in [0.15, 0.2) is 22.7 Å². The standard InChI is InChI=1S/C11H12BrClN2O3S/c12-9-2-1-7(3-10(9)13)5-15-6-8(4-11(15)16)19(14,17)18/h1-3,8H,4-6H2,(H2,14,17,18). The summed E-state index contributed by atoms with van der Waals surface area (Å²) in [5, 5.41) is 4.80. The first-order valence-electron chi connectivity index (χ1n) is 5.50. The predicted molar refractivity (Wildman–Crippen MR) is 76.1 cm³/mol. The fourth-order valence-electron chi connectivity index (χ4n) is 1.97. The summed E-state index contributed by atoms with van der Waals surface area (Å²) in [6.45, 7) is 0.462. The number of nitrogens with zero attached hydrogens (tertiary/aromatic N) is 1. The number of benzene rings is 1. The van der Waals surface area contributed by atoms with Crippen LogP contribution >= 0.6 is 27.5 Å². The van der Waals surface area contributed by atoms with E-state index < -0.39 is 15.3 Å². The molecule has 1 heterocycles. The summed E-state index contributed by atoms with van der Waals surface area (Å²) >= 11 is 9.25. The van der Waals surface area contributed by atoms with Crippen molar-refractivity contribution in [1.82, 2.24) is 4.90 Å². The topological polar surface area (TPSA) is 80.5 Å². The van der Waals surface area contributed by atoms with E-state index in [2.05, 4.69) is 15.9 Å². The van der Waals surface area contributed by atoms with Crippen LogP contribution in [0.25, 0.3) is 0 Å². The summed E-state index contributed by atoms with van der Waals surface area (Å²) in [5.74, 6) is -0.210. The van der Waals surface area contributed by atoms with E-state index >= 15 is 0 Å². The number of carbonyl (C=O) groups excluding carboxylic acids is 1. The summed E-state index contributed by atoms with van der Waals surface area (Å²) < 4.78 is 23.3. The Morgan fingerprint density at radius 3 is 2.68 bits per heavy atom. The van der Waals surface area contributed by atoms with Crippen molar-refractivity contribution >= 4 is 43.5 Å². The molecule has 0 saturated carbocycles. The number of amides is 1. The molecule has 1 amide bonds. The van der Waals surface area contributed by atoms with Gasteiger partial charge in [-0.3, -0.25) is 4.79 Å². The molecule has 5 nitrogen and oxygen atoms in total. The summed E-state index contributed by atoms with van der Waals surface area (Å²) in [6.07, 6.45) is -0.0525. The molecule has 2 N–H and O–H groups in total. The van der Waals surface area contributed by atoms with E-state index in [-0.39, 0.29) is 18.9 Å². The van der Waals surface area contributed by atoms with Crippen molar-refractivity contribution in [2.45, 2.75) is 18.2 Å². The van der Waals surface area contributed by atoms with Crippen molar-refractivity contribution in [2.75, 3.05) is 6.54 Å². The normalized spacial score (nSPS) is 20.1. The summed E-state index contributed by atoms with van der Waals surface area (Å²) in [5.41, 5.74) is 0.844. The highest BCUT2D eigenvalue weighted by atomic mass is 79.9. The fraction of sp³-hybridized carbons (Fsp3) is 0.364. The Hall–Kier alpha value is -0.630. The zero-order valence-electron chi connectivity index (χ0n) is 9.84. The van der Waals surface area contributed by atoms with Crippen molar-refractivity contribution < 1.29 is 13.2 Å². The number of hydrogen-bond acceptors (Lipinski definition) is 3. The largest absolute Gasteiger partial charge is 0.337 e. The van der Waals surface area contributed by atoms with Crippen LogP contribution in [0.3, 0.4) is 0 Å². The lowest BCUT2D eigenvalue weighted by atomic mass is 10.2. The highest BCUT2D eigenvalue weighted by molar-refractivity contribution is 9.10. The van der Waals surface area contributed by atoms with Crippen LogP contribution in [0.4, 0.5) is 0 Å². The molecule has 0 radical (unpaired) electrons. The number of sulfonamides is 1. The van der Waals surface area contributed by atoms with Crippen molar-refractivity contribution in [3.63, 3.8) is 0 Å². The first-order valence-corrected chi connectivity index (χ1v) is 8.28. The molecule has 1 aromatic rings. The quantitative estimate of drug-likeness (QED) is 0.879. The van der Waals surface area contributed by atoms with Crippen LogP contribution in [0, 0.1) is 0 Å². The Morgan fingerprint density at radius 2 is 2.16 bits per heavy atom. The van der Waals surface area contributed by atoms with E-state index in [1.54, 1.807) is 12.1 Å². The van der Waals surface area contributed by atoms with Crippen LogP contribution < -0.4 is 5.14 Å². The molecule has 1 aromatic carbocycles. The third kappa shape index (κ3) is 3.47. The van der Waals surface area contributed by atoms with Crippen LogP contribution in [-0.4, -0.2) is 31.0 Å². The molecular weight excluding hydrogens is 356 g/mol. The van der Waals surface area contributed by atoms with Crippen LogP contribution in [0.2, 0.25) is 5.02 Å².